The summed E-state index contributed by atoms with van der Waals surface area (Å²) in [6, 6.07) is 15.5. The second-order valence-corrected chi connectivity index (χ2v) is 8.85. The van der Waals surface area contributed by atoms with Gasteiger partial charge in [-0.3, -0.25) is 4.18 Å². The average molecular weight is 436 g/mol. The van der Waals surface area contributed by atoms with E-state index in [-0.39, 0.29) is 11.5 Å². The number of fused-ring (bicyclic) bond motifs is 1. The first-order valence-corrected chi connectivity index (χ1v) is 11.0. The van der Waals surface area contributed by atoms with Crippen LogP contribution >= 0.6 is 0 Å². The Bertz CT molecular complexity index is 947. The first kappa shape index (κ1) is 21.4. The molecule has 2 aliphatic heterocycles. The van der Waals surface area contributed by atoms with Crippen molar-refractivity contribution in [2.24, 2.45) is 0 Å². The third-order valence-corrected chi connectivity index (χ3v) is 6.49. The van der Waals surface area contributed by atoms with E-state index in [0.29, 0.717) is 0 Å². The van der Waals surface area contributed by atoms with E-state index in [0.717, 1.165) is 11.1 Å². The maximum Gasteiger partial charge on any atom is 0.297 e. The zero-order valence-corrected chi connectivity index (χ0v) is 17.4. The average Bonchev–Trinajstić information content (AvgIpc) is 2.76. The summed E-state index contributed by atoms with van der Waals surface area (Å²) in [5, 5.41) is 11.0. The number of methoxy groups -OCH3 is 1. The Labute approximate surface area is 175 Å². The van der Waals surface area contributed by atoms with E-state index < -0.39 is 47.1 Å². The van der Waals surface area contributed by atoms with Gasteiger partial charge in [-0.2, -0.15) is 8.42 Å². The van der Waals surface area contributed by atoms with Gasteiger partial charge in [0.1, 0.15) is 18.3 Å². The molecule has 4 rings (SSSR count). The van der Waals surface area contributed by atoms with Crippen LogP contribution in [0.1, 0.15) is 17.4 Å². The smallest absolute Gasteiger partial charge is 0.297 e. The molecule has 2 fully saturated rings. The highest BCUT2D eigenvalue weighted by atomic mass is 32.2. The summed E-state index contributed by atoms with van der Waals surface area (Å²) >= 11 is 0. The van der Waals surface area contributed by atoms with Gasteiger partial charge in [-0.25, -0.2) is 0 Å². The molecule has 6 atom stereocenters. The van der Waals surface area contributed by atoms with Crippen LogP contribution in [0.3, 0.4) is 0 Å². The molecular weight excluding hydrogens is 412 g/mol. The van der Waals surface area contributed by atoms with Crippen LogP contribution in [0.2, 0.25) is 0 Å². The lowest BCUT2D eigenvalue weighted by Gasteiger charge is -2.46. The number of aliphatic hydroxyl groups excluding tert-OH is 1. The molecule has 2 aliphatic rings. The van der Waals surface area contributed by atoms with Gasteiger partial charge in [0.25, 0.3) is 10.1 Å². The second-order valence-electron chi connectivity index (χ2n) is 7.27. The summed E-state index contributed by atoms with van der Waals surface area (Å²) in [6.07, 6.45) is -5.93. The predicted molar refractivity (Wildman–Crippen MR) is 105 cm³/mol. The third kappa shape index (κ3) is 4.28. The van der Waals surface area contributed by atoms with Crippen LogP contribution in [0.4, 0.5) is 0 Å². The lowest BCUT2D eigenvalue weighted by atomic mass is 9.98. The van der Waals surface area contributed by atoms with Crippen molar-refractivity contribution in [3.8, 4) is 0 Å². The molecule has 2 aromatic rings. The molecule has 2 heterocycles. The summed E-state index contributed by atoms with van der Waals surface area (Å²) in [7, 11) is -2.81. The molecule has 0 saturated carbocycles. The summed E-state index contributed by atoms with van der Waals surface area (Å²) < 4.78 is 53.5. The van der Waals surface area contributed by atoms with E-state index >= 15 is 0 Å². The minimum Gasteiger partial charge on any atom is -0.387 e. The zero-order valence-electron chi connectivity index (χ0n) is 16.6. The van der Waals surface area contributed by atoms with Crippen LogP contribution in [0, 0.1) is 6.92 Å². The van der Waals surface area contributed by atoms with Crippen molar-refractivity contribution in [2.75, 3.05) is 13.7 Å². The number of aliphatic hydroxyl groups is 1. The first-order chi connectivity index (χ1) is 14.4. The van der Waals surface area contributed by atoms with Gasteiger partial charge in [0.05, 0.1) is 11.5 Å². The lowest BCUT2D eigenvalue weighted by molar-refractivity contribution is -0.354. The molecule has 0 aromatic heterocycles. The zero-order chi connectivity index (χ0) is 21.3. The number of hydrogen-bond acceptors (Lipinski definition) is 8. The molecule has 8 nitrogen and oxygen atoms in total. The normalized spacial score (nSPS) is 31.8. The molecule has 1 N–H and O–H groups in total. The van der Waals surface area contributed by atoms with Crippen LogP contribution in [0.15, 0.2) is 59.5 Å². The van der Waals surface area contributed by atoms with E-state index in [1.54, 1.807) is 12.1 Å². The van der Waals surface area contributed by atoms with Gasteiger partial charge in [0, 0.05) is 12.7 Å². The third-order valence-electron chi connectivity index (χ3n) is 5.16. The summed E-state index contributed by atoms with van der Waals surface area (Å²) in [4.78, 5) is -0.0210. The maximum atomic E-state index is 12.8. The molecule has 0 radical (unpaired) electrons. The van der Waals surface area contributed by atoms with Gasteiger partial charge in [-0.05, 0) is 19.1 Å². The molecule has 2 saturated heterocycles. The van der Waals surface area contributed by atoms with Crippen LogP contribution in [-0.4, -0.2) is 57.9 Å². The molecule has 0 bridgehead atoms. The van der Waals surface area contributed by atoms with E-state index in [1.165, 1.54) is 19.2 Å². The quantitative estimate of drug-likeness (QED) is 0.710. The minimum atomic E-state index is -4.16. The summed E-state index contributed by atoms with van der Waals surface area (Å²) in [5.41, 5.74) is 1.69. The highest BCUT2D eigenvalue weighted by molar-refractivity contribution is 7.86. The van der Waals surface area contributed by atoms with E-state index in [2.05, 4.69) is 0 Å². The molecule has 0 spiro atoms. The number of rotatable bonds is 5. The molecule has 0 aliphatic carbocycles. The standard InChI is InChI=1S/C21H24O8S/c1-13-8-10-15(11-9-13)30(23,24)29-19-17(22)18-16(27-21(19)25-2)12-26-20(28-18)14-6-4-3-5-7-14/h3-11,16-22H,12H2,1-2H3/t16-,17+,18+,19+,20+,21+/m1/s1. The highest BCUT2D eigenvalue weighted by Crippen LogP contribution is 2.36. The van der Waals surface area contributed by atoms with E-state index in [1.807, 2.05) is 37.3 Å². The fourth-order valence-electron chi connectivity index (χ4n) is 3.55. The van der Waals surface area contributed by atoms with E-state index in [4.69, 9.17) is 23.1 Å². The van der Waals surface area contributed by atoms with Crippen molar-refractivity contribution in [3.05, 3.63) is 65.7 Å². The minimum absolute atomic E-state index is 0.0210. The Morgan fingerprint density at radius 1 is 1.03 bits per heavy atom. The van der Waals surface area contributed by atoms with Crippen molar-refractivity contribution in [1.82, 2.24) is 0 Å². The Hall–Kier alpha value is -1.85. The van der Waals surface area contributed by atoms with E-state index in [9.17, 15) is 13.5 Å². The molecule has 0 unspecified atom stereocenters. The first-order valence-electron chi connectivity index (χ1n) is 9.57. The maximum absolute atomic E-state index is 12.8. The highest BCUT2D eigenvalue weighted by Gasteiger charge is 2.51. The predicted octanol–water partition coefficient (Wildman–Crippen LogP) is 1.92. The topological polar surface area (TPSA) is 101 Å². The SMILES string of the molecule is CO[C@H]1O[C@@H]2CO[C@H](c3ccccc3)O[C@@H]2[C@H](O)[C@@H]1OS(=O)(=O)c1ccc(C)cc1. The van der Waals surface area contributed by atoms with Crippen LogP contribution in [0.25, 0.3) is 0 Å². The summed E-state index contributed by atoms with van der Waals surface area (Å²) in [6.45, 7) is 2.00. The van der Waals surface area contributed by atoms with Gasteiger partial charge >= 0.3 is 0 Å². The number of ether oxygens (including phenoxy) is 4. The van der Waals surface area contributed by atoms with Crippen LogP contribution < -0.4 is 0 Å². The van der Waals surface area contributed by atoms with Gasteiger partial charge < -0.3 is 24.1 Å². The van der Waals surface area contributed by atoms with Crippen LogP contribution in [-0.2, 0) is 33.2 Å². The van der Waals surface area contributed by atoms with Crippen molar-refractivity contribution in [2.45, 2.75) is 48.8 Å². The van der Waals surface area contributed by atoms with Crippen molar-refractivity contribution < 1.29 is 36.7 Å². The Balaban J connectivity index is 1.55. The van der Waals surface area contributed by atoms with Crippen molar-refractivity contribution >= 4 is 10.1 Å². The fraction of sp³-hybridized carbons (Fsp3) is 0.429. The fourth-order valence-corrected chi connectivity index (χ4v) is 4.62. The molecule has 0 amide bonds. The van der Waals surface area contributed by atoms with Gasteiger partial charge in [-0.15, -0.1) is 0 Å². The molecule has 30 heavy (non-hydrogen) atoms. The molecule has 2 aromatic carbocycles. The van der Waals surface area contributed by atoms with Crippen LogP contribution in [0.5, 0.6) is 0 Å². The molecule has 162 valence electrons. The number of hydrogen-bond donors (Lipinski definition) is 1. The van der Waals surface area contributed by atoms with Gasteiger partial charge in [0.15, 0.2) is 18.7 Å². The Morgan fingerprint density at radius 2 is 1.73 bits per heavy atom. The summed E-state index contributed by atoms with van der Waals surface area (Å²) in [5.74, 6) is 0. The largest absolute Gasteiger partial charge is 0.387 e. The van der Waals surface area contributed by atoms with Gasteiger partial charge in [0.2, 0.25) is 0 Å². The lowest BCUT2D eigenvalue weighted by Crippen LogP contribution is -2.63. The Morgan fingerprint density at radius 3 is 2.40 bits per heavy atom. The molecular formula is C21H24O8S. The van der Waals surface area contributed by atoms with Crippen molar-refractivity contribution in [3.63, 3.8) is 0 Å². The Kier molecular flexibility index (Phi) is 6.21. The second kappa shape index (κ2) is 8.72. The number of aryl methyl sites for hydroxylation is 1. The van der Waals surface area contributed by atoms with Gasteiger partial charge in [-0.1, -0.05) is 48.0 Å². The van der Waals surface area contributed by atoms with Crippen molar-refractivity contribution in [1.29, 1.82) is 0 Å². The molecule has 9 heteroatoms. The monoisotopic (exact) mass is 436 g/mol. The number of benzene rings is 2.